The monoisotopic (exact) mass is 489 g/mol. The number of aromatic amines is 1. The molecule has 0 bridgehead atoms. The quantitative estimate of drug-likeness (QED) is 0.347. The van der Waals surface area contributed by atoms with Gasteiger partial charge >= 0.3 is 0 Å². The van der Waals surface area contributed by atoms with Gasteiger partial charge in [-0.25, -0.2) is 0 Å². The van der Waals surface area contributed by atoms with Gasteiger partial charge in [-0.05, 0) is 81.4 Å². The first-order chi connectivity index (χ1) is 17.6. The second kappa shape index (κ2) is 10.7. The Hall–Kier alpha value is -3.36. The number of ether oxygens (including phenoxy) is 2. The van der Waals surface area contributed by atoms with E-state index in [-0.39, 0.29) is 0 Å². The highest BCUT2D eigenvalue weighted by Crippen LogP contribution is 2.37. The van der Waals surface area contributed by atoms with Crippen molar-refractivity contribution in [2.24, 2.45) is 0 Å². The molecule has 4 aromatic rings. The highest BCUT2D eigenvalue weighted by Gasteiger charge is 2.25. The van der Waals surface area contributed by atoms with E-state index in [1.165, 1.54) is 5.56 Å². The molecule has 0 amide bonds. The highest BCUT2D eigenvalue weighted by atomic mass is 16.5. The molecule has 0 radical (unpaired) electrons. The fourth-order valence-corrected chi connectivity index (χ4v) is 5.18. The number of benzene rings is 2. The first-order valence-electron chi connectivity index (χ1n) is 12.7. The van der Waals surface area contributed by atoms with Gasteiger partial charge in [0.15, 0.2) is 11.5 Å². The van der Waals surface area contributed by atoms with E-state index in [9.17, 15) is 0 Å². The van der Waals surface area contributed by atoms with E-state index >= 15 is 0 Å². The summed E-state index contributed by atoms with van der Waals surface area (Å²) in [5.74, 6) is 3.10. The number of nitrogens with zero attached hydrogens (tertiary/aromatic N) is 3. The summed E-state index contributed by atoms with van der Waals surface area (Å²) in [6.07, 6.45) is 2.99. The summed E-state index contributed by atoms with van der Waals surface area (Å²) in [6.45, 7) is 6.41. The second-order valence-electron chi connectivity index (χ2n) is 9.33. The zero-order chi connectivity index (χ0) is 25.1. The number of likely N-dealkylation sites (N-methyl/N-ethyl adjacent to an activating group) is 1. The highest BCUT2D eigenvalue weighted by molar-refractivity contribution is 5.93. The van der Waals surface area contributed by atoms with Crippen molar-refractivity contribution in [3.63, 3.8) is 0 Å². The molecule has 0 atom stereocenters. The molecule has 1 aliphatic rings. The maximum Gasteiger partial charge on any atom is 0.247 e. The number of H-pyrrole nitrogens is 1. The van der Waals surface area contributed by atoms with Gasteiger partial charge in [0.05, 0.1) is 14.2 Å². The van der Waals surface area contributed by atoms with Crippen molar-refractivity contribution >= 4 is 10.9 Å². The molecule has 0 aliphatic carbocycles. The number of nitrogens with one attached hydrogen (secondary N) is 2. The van der Waals surface area contributed by atoms with E-state index in [2.05, 4.69) is 50.5 Å². The summed E-state index contributed by atoms with van der Waals surface area (Å²) in [5, 5.41) is 13.2. The molecule has 2 N–H and O–H groups in total. The van der Waals surface area contributed by atoms with Gasteiger partial charge in [0.25, 0.3) is 0 Å². The number of rotatable bonds is 9. The Labute approximate surface area is 212 Å². The summed E-state index contributed by atoms with van der Waals surface area (Å²) in [6, 6.07) is 12.3. The third-order valence-electron chi connectivity index (χ3n) is 7.23. The molecule has 190 valence electrons. The fourth-order valence-electron chi connectivity index (χ4n) is 5.18. The van der Waals surface area contributed by atoms with Crippen molar-refractivity contribution < 1.29 is 13.9 Å². The van der Waals surface area contributed by atoms with Crippen LogP contribution in [0.2, 0.25) is 0 Å². The zero-order valence-corrected chi connectivity index (χ0v) is 21.6. The molecule has 1 saturated heterocycles. The second-order valence-corrected chi connectivity index (χ2v) is 9.33. The molecule has 8 heteroatoms. The van der Waals surface area contributed by atoms with Crippen LogP contribution >= 0.6 is 0 Å². The number of piperidine rings is 1. The Morgan fingerprint density at radius 2 is 1.81 bits per heavy atom. The van der Waals surface area contributed by atoms with Crippen LogP contribution in [-0.2, 0) is 6.42 Å². The van der Waals surface area contributed by atoms with Crippen molar-refractivity contribution in [3.8, 4) is 34.2 Å². The molecule has 8 nitrogen and oxygen atoms in total. The van der Waals surface area contributed by atoms with Gasteiger partial charge in [-0.2, -0.15) is 0 Å². The number of aromatic nitrogens is 3. The van der Waals surface area contributed by atoms with Crippen LogP contribution in [0.15, 0.2) is 40.8 Å². The van der Waals surface area contributed by atoms with Gasteiger partial charge in [0, 0.05) is 46.7 Å². The topological polar surface area (TPSA) is 88.4 Å². The van der Waals surface area contributed by atoms with Crippen LogP contribution in [0.1, 0.15) is 37.1 Å². The van der Waals surface area contributed by atoms with Gasteiger partial charge in [0.2, 0.25) is 11.8 Å². The van der Waals surface area contributed by atoms with Gasteiger partial charge in [-0.3, -0.25) is 0 Å². The minimum atomic E-state index is 0.330. The average Bonchev–Trinajstić information content (AvgIpc) is 3.56. The normalized spacial score (nSPS) is 15.0. The van der Waals surface area contributed by atoms with Crippen LogP contribution in [0.3, 0.4) is 0 Å². The van der Waals surface area contributed by atoms with E-state index < -0.39 is 0 Å². The lowest BCUT2D eigenvalue weighted by Gasteiger charge is -2.30. The molecule has 1 aliphatic heterocycles. The predicted molar refractivity (Wildman–Crippen MR) is 142 cm³/mol. The maximum atomic E-state index is 6.20. The summed E-state index contributed by atoms with van der Waals surface area (Å²) in [4.78, 5) is 6.09. The molecule has 2 aromatic carbocycles. The first kappa shape index (κ1) is 24.3. The molecule has 2 aromatic heterocycles. The smallest absolute Gasteiger partial charge is 0.247 e. The Morgan fingerprint density at radius 1 is 1.03 bits per heavy atom. The number of aryl methyl sites for hydroxylation is 1. The SMILES string of the molecule is CCc1c(-c2ccc(OC)c(OC)c2)[nH]c2ccc(-c3nnc(C4CCN(CCNC)CC4)o3)cc12. The largest absolute Gasteiger partial charge is 0.493 e. The molecule has 5 rings (SSSR count). The van der Waals surface area contributed by atoms with E-state index in [1.807, 2.05) is 25.2 Å². The van der Waals surface area contributed by atoms with Gasteiger partial charge < -0.3 is 29.1 Å². The number of fused-ring (bicyclic) bond motifs is 1. The third-order valence-corrected chi connectivity index (χ3v) is 7.23. The lowest BCUT2D eigenvalue weighted by atomic mass is 9.97. The lowest BCUT2D eigenvalue weighted by molar-refractivity contribution is 0.202. The van der Waals surface area contributed by atoms with E-state index in [4.69, 9.17) is 13.9 Å². The van der Waals surface area contributed by atoms with Crippen molar-refractivity contribution in [2.75, 3.05) is 47.4 Å². The molecule has 1 fully saturated rings. The number of likely N-dealkylation sites (tertiary alicyclic amines) is 1. The van der Waals surface area contributed by atoms with Crippen LogP contribution in [0.5, 0.6) is 11.5 Å². The van der Waals surface area contributed by atoms with Crippen molar-refractivity contribution in [1.82, 2.24) is 25.4 Å². The van der Waals surface area contributed by atoms with Gasteiger partial charge in [-0.1, -0.05) is 6.92 Å². The Kier molecular flexibility index (Phi) is 7.25. The first-order valence-corrected chi connectivity index (χ1v) is 12.7. The van der Waals surface area contributed by atoms with Crippen LogP contribution in [0.4, 0.5) is 0 Å². The number of hydrogen-bond donors (Lipinski definition) is 2. The minimum Gasteiger partial charge on any atom is -0.493 e. The van der Waals surface area contributed by atoms with E-state index in [0.29, 0.717) is 23.3 Å². The summed E-state index contributed by atoms with van der Waals surface area (Å²) in [7, 11) is 5.31. The maximum absolute atomic E-state index is 6.20. The van der Waals surface area contributed by atoms with Crippen LogP contribution in [-0.4, -0.2) is 67.5 Å². The number of hydrogen-bond acceptors (Lipinski definition) is 7. The molecule has 36 heavy (non-hydrogen) atoms. The summed E-state index contributed by atoms with van der Waals surface area (Å²) >= 11 is 0. The molecular formula is C28H35N5O3. The van der Waals surface area contributed by atoms with Crippen molar-refractivity contribution in [3.05, 3.63) is 47.9 Å². The van der Waals surface area contributed by atoms with Crippen LogP contribution < -0.4 is 14.8 Å². The Bertz CT molecular complexity index is 1320. The Morgan fingerprint density at radius 3 is 2.53 bits per heavy atom. The molecule has 0 saturated carbocycles. The molecule has 0 spiro atoms. The van der Waals surface area contributed by atoms with E-state index in [0.717, 1.165) is 79.1 Å². The molecular weight excluding hydrogens is 454 g/mol. The summed E-state index contributed by atoms with van der Waals surface area (Å²) < 4.78 is 17.1. The van der Waals surface area contributed by atoms with Crippen LogP contribution in [0.25, 0.3) is 33.6 Å². The standard InChI is InChI=1S/C28H35N5O3/c1-5-21-22-16-20(28-32-31-27(36-28)18-10-13-33(14-11-18)15-12-29-2)6-8-23(22)30-26(21)19-7-9-24(34-3)25(17-19)35-4/h6-9,16-18,29-30H,5,10-15H2,1-4H3. The lowest BCUT2D eigenvalue weighted by Crippen LogP contribution is -2.37. The molecule has 3 heterocycles. The Balaban J connectivity index is 1.40. The van der Waals surface area contributed by atoms with Gasteiger partial charge in [0.1, 0.15) is 0 Å². The van der Waals surface area contributed by atoms with Crippen LogP contribution in [0, 0.1) is 0 Å². The zero-order valence-electron chi connectivity index (χ0n) is 21.6. The van der Waals surface area contributed by atoms with Gasteiger partial charge in [-0.15, -0.1) is 10.2 Å². The predicted octanol–water partition coefficient (Wildman–Crippen LogP) is 4.86. The third kappa shape index (κ3) is 4.70. The van der Waals surface area contributed by atoms with Crippen molar-refractivity contribution in [2.45, 2.75) is 32.1 Å². The average molecular weight is 490 g/mol. The number of methoxy groups -OCH3 is 2. The minimum absolute atomic E-state index is 0.330. The summed E-state index contributed by atoms with van der Waals surface area (Å²) in [5.41, 5.74) is 5.41. The van der Waals surface area contributed by atoms with Crippen molar-refractivity contribution in [1.29, 1.82) is 0 Å². The molecule has 0 unspecified atom stereocenters. The fraction of sp³-hybridized carbons (Fsp3) is 0.429. The van der Waals surface area contributed by atoms with E-state index in [1.54, 1.807) is 14.2 Å².